The normalized spacial score (nSPS) is 12.6. The van der Waals surface area contributed by atoms with Gasteiger partial charge in [0, 0.05) is 10.7 Å². The zero-order chi connectivity index (χ0) is 13.7. The van der Waals surface area contributed by atoms with E-state index in [9.17, 15) is 4.79 Å². The summed E-state index contributed by atoms with van der Waals surface area (Å²) in [6, 6.07) is 5.82. The highest BCUT2D eigenvalue weighted by atomic mass is 79.9. The Morgan fingerprint density at radius 2 is 2.00 bits per heavy atom. The van der Waals surface area contributed by atoms with Gasteiger partial charge in [-0.3, -0.25) is 4.90 Å². The number of carbonyl (C=O) groups is 1. The van der Waals surface area contributed by atoms with Crippen LogP contribution in [0.1, 0.15) is 28.4 Å². The van der Waals surface area contributed by atoms with Gasteiger partial charge in [0.2, 0.25) is 0 Å². The molecule has 0 amide bonds. The molecule has 0 saturated carbocycles. The van der Waals surface area contributed by atoms with Gasteiger partial charge in [-0.25, -0.2) is 4.79 Å². The van der Waals surface area contributed by atoms with Crippen molar-refractivity contribution in [3.05, 3.63) is 34.9 Å². The van der Waals surface area contributed by atoms with Crippen LogP contribution in [0, 0.1) is 0 Å². The Labute approximate surface area is 125 Å². The number of nitrogens with zero attached hydrogens (tertiary/aromatic N) is 1. The summed E-state index contributed by atoms with van der Waals surface area (Å²) in [7, 11) is 3.75. The Kier molecular flexibility index (Phi) is 6.32. The molecule has 0 fully saturated rings. The van der Waals surface area contributed by atoms with Gasteiger partial charge in [0.15, 0.2) is 6.23 Å². The molecule has 100 valence electrons. The van der Waals surface area contributed by atoms with Gasteiger partial charge in [-0.15, -0.1) is 0 Å². The fourth-order valence-electron chi connectivity index (χ4n) is 1.34. The summed E-state index contributed by atoms with van der Waals surface area (Å²) in [6.45, 7) is 1.85. The second-order valence-corrected chi connectivity index (χ2v) is 5.35. The number of esters is 1. The van der Waals surface area contributed by atoms with E-state index < -0.39 is 0 Å². The third-order valence-electron chi connectivity index (χ3n) is 2.70. The average Bonchev–Trinajstić information content (AvgIpc) is 2.37. The Bertz CT molecular complexity index is 421. The van der Waals surface area contributed by atoms with E-state index in [-0.39, 0.29) is 12.2 Å². The van der Waals surface area contributed by atoms with E-state index in [1.54, 1.807) is 0 Å². The number of rotatable bonds is 5. The summed E-state index contributed by atoms with van der Waals surface area (Å²) in [4.78, 5) is 14.0. The molecule has 3 nitrogen and oxygen atoms in total. The zero-order valence-corrected chi connectivity index (χ0v) is 13.9. The van der Waals surface area contributed by atoms with Crippen molar-refractivity contribution in [3.8, 4) is 0 Å². The Balaban J connectivity index is 2.96. The highest BCUT2D eigenvalue weighted by Crippen LogP contribution is 2.18. The van der Waals surface area contributed by atoms with Gasteiger partial charge < -0.3 is 4.74 Å². The third-order valence-corrected chi connectivity index (χ3v) is 3.95. The van der Waals surface area contributed by atoms with E-state index in [2.05, 4.69) is 31.9 Å². The predicted octanol–water partition coefficient (Wildman–Crippen LogP) is 3.54. The van der Waals surface area contributed by atoms with Crippen molar-refractivity contribution in [1.29, 1.82) is 0 Å². The smallest absolute Gasteiger partial charge is 0.340 e. The van der Waals surface area contributed by atoms with Gasteiger partial charge >= 0.3 is 5.97 Å². The van der Waals surface area contributed by atoms with Crippen molar-refractivity contribution in [2.24, 2.45) is 0 Å². The molecule has 1 aromatic rings. The minimum atomic E-state index is -0.284. The van der Waals surface area contributed by atoms with Crippen LogP contribution >= 0.6 is 31.9 Å². The molecule has 0 heterocycles. The van der Waals surface area contributed by atoms with Gasteiger partial charge in [0.05, 0.1) is 5.56 Å². The maximum atomic E-state index is 12.1. The Hall–Kier alpha value is -0.390. The van der Waals surface area contributed by atoms with E-state index >= 15 is 0 Å². The molecule has 18 heavy (non-hydrogen) atoms. The average molecular weight is 379 g/mol. The molecule has 0 N–H and O–H groups in total. The zero-order valence-electron chi connectivity index (χ0n) is 10.7. The van der Waals surface area contributed by atoms with Crippen LogP contribution in [-0.4, -0.2) is 31.2 Å². The largest absolute Gasteiger partial charge is 0.443 e. The molecule has 0 aromatic heterocycles. The molecule has 1 aromatic carbocycles. The van der Waals surface area contributed by atoms with Gasteiger partial charge in [-0.1, -0.05) is 44.0 Å². The van der Waals surface area contributed by atoms with Crippen molar-refractivity contribution in [3.63, 3.8) is 0 Å². The fourth-order valence-corrected chi connectivity index (χ4v) is 2.17. The molecule has 0 radical (unpaired) electrons. The quantitative estimate of drug-likeness (QED) is 0.446. The summed E-state index contributed by atoms with van der Waals surface area (Å²) in [5.74, 6) is -0.284. The van der Waals surface area contributed by atoms with Gasteiger partial charge in [-0.2, -0.15) is 0 Å². The van der Waals surface area contributed by atoms with Crippen LogP contribution < -0.4 is 0 Å². The van der Waals surface area contributed by atoms with E-state index in [0.717, 1.165) is 16.5 Å². The second kappa shape index (κ2) is 7.26. The van der Waals surface area contributed by atoms with Gasteiger partial charge in [-0.05, 0) is 38.2 Å². The van der Waals surface area contributed by atoms with E-state index in [4.69, 9.17) is 4.74 Å². The molecule has 0 bridgehead atoms. The molecular formula is C13H17Br2NO2. The van der Waals surface area contributed by atoms with E-state index in [1.807, 2.05) is 44.1 Å². The lowest BCUT2D eigenvalue weighted by molar-refractivity contribution is -0.00555. The Morgan fingerprint density at radius 1 is 1.33 bits per heavy atom. The van der Waals surface area contributed by atoms with Gasteiger partial charge in [0.1, 0.15) is 0 Å². The molecule has 0 aliphatic rings. The lowest BCUT2D eigenvalue weighted by Crippen LogP contribution is -2.30. The monoisotopic (exact) mass is 377 g/mol. The van der Waals surface area contributed by atoms with Crippen molar-refractivity contribution < 1.29 is 9.53 Å². The number of alkyl halides is 2. The predicted molar refractivity (Wildman–Crippen MR) is 80.3 cm³/mol. The topological polar surface area (TPSA) is 29.5 Å². The molecular weight excluding hydrogens is 362 g/mol. The summed E-state index contributed by atoms with van der Waals surface area (Å²) < 4.78 is 5.39. The number of halogens is 2. The first kappa shape index (κ1) is 15.7. The molecule has 1 rings (SSSR count). The lowest BCUT2D eigenvalue weighted by atomic mass is 10.1. The number of ether oxygens (including phenoxy) is 1. The maximum absolute atomic E-state index is 12.1. The van der Waals surface area contributed by atoms with Crippen molar-refractivity contribution in [2.75, 3.05) is 14.1 Å². The molecule has 0 spiro atoms. The molecule has 1 unspecified atom stereocenters. The molecule has 0 aliphatic carbocycles. The van der Waals surface area contributed by atoms with Crippen LogP contribution in [0.5, 0.6) is 0 Å². The van der Waals surface area contributed by atoms with Gasteiger partial charge in [0.25, 0.3) is 0 Å². The van der Waals surface area contributed by atoms with Crippen molar-refractivity contribution in [2.45, 2.75) is 23.8 Å². The number of carbonyl (C=O) groups excluding carboxylic acids is 1. The van der Waals surface area contributed by atoms with Crippen LogP contribution in [0.4, 0.5) is 0 Å². The van der Waals surface area contributed by atoms with E-state index in [0.29, 0.717) is 10.9 Å². The summed E-state index contributed by atoms with van der Waals surface area (Å²) in [5.41, 5.74) is 2.62. The lowest BCUT2D eigenvalue weighted by Gasteiger charge is -2.20. The van der Waals surface area contributed by atoms with Crippen LogP contribution in [0.2, 0.25) is 0 Å². The highest BCUT2D eigenvalue weighted by Gasteiger charge is 2.17. The highest BCUT2D eigenvalue weighted by molar-refractivity contribution is 9.08. The van der Waals surface area contributed by atoms with Crippen molar-refractivity contribution >= 4 is 37.8 Å². The third kappa shape index (κ3) is 4.07. The fraction of sp³-hybridized carbons (Fsp3) is 0.462. The maximum Gasteiger partial charge on any atom is 0.340 e. The minimum Gasteiger partial charge on any atom is -0.443 e. The molecule has 5 heteroatoms. The molecule has 1 atom stereocenters. The summed E-state index contributed by atoms with van der Waals surface area (Å²) >= 11 is 6.78. The summed E-state index contributed by atoms with van der Waals surface area (Å²) in [5, 5.41) is 1.36. The first-order valence-electron chi connectivity index (χ1n) is 5.60. The molecule has 0 aliphatic heterocycles. The van der Waals surface area contributed by atoms with Crippen LogP contribution in [0.3, 0.4) is 0 Å². The standard InChI is InChI=1S/C13H17Br2NO2/c1-9(16(2)3)18-13(17)12-6-10(7-14)4-5-11(12)8-15/h4-6,9H,7-8H2,1-3H3. The van der Waals surface area contributed by atoms with Crippen LogP contribution in [0.25, 0.3) is 0 Å². The SMILES string of the molecule is CC(OC(=O)c1cc(CBr)ccc1CBr)N(C)C. The number of hydrogen-bond acceptors (Lipinski definition) is 3. The first-order valence-corrected chi connectivity index (χ1v) is 7.85. The first-order chi connectivity index (χ1) is 8.49. The number of benzene rings is 1. The Morgan fingerprint density at radius 3 is 2.50 bits per heavy atom. The van der Waals surface area contributed by atoms with E-state index in [1.165, 1.54) is 0 Å². The van der Waals surface area contributed by atoms with Crippen LogP contribution in [0.15, 0.2) is 18.2 Å². The second-order valence-electron chi connectivity index (χ2n) is 4.23. The molecule has 0 saturated heterocycles. The van der Waals surface area contributed by atoms with Crippen LogP contribution in [-0.2, 0) is 15.4 Å². The number of hydrogen-bond donors (Lipinski definition) is 0. The summed E-state index contributed by atoms with van der Waals surface area (Å²) in [6.07, 6.45) is -0.242. The minimum absolute atomic E-state index is 0.242. The van der Waals surface area contributed by atoms with Crippen molar-refractivity contribution in [1.82, 2.24) is 4.90 Å².